The van der Waals surface area contributed by atoms with Crippen LogP contribution in [0.2, 0.25) is 10.0 Å². The molecular formula is C24H17Cl2NO3. The van der Waals surface area contributed by atoms with Crippen molar-refractivity contribution >= 4 is 41.1 Å². The third-order valence-corrected chi connectivity index (χ3v) is 5.00. The standard InChI is InChI=1S/C24H17Cl2NO3/c1-15-3-2-4-17(11-15)14-29-19-8-5-16(6-9-19)12-22-24(28)30-23(27-22)20-10-7-18(25)13-21(20)26/h2-13H,14H2,1H3/b22-12-. The molecule has 1 heterocycles. The molecule has 0 N–H and O–H groups in total. The van der Waals surface area contributed by atoms with Crippen molar-refractivity contribution in [2.45, 2.75) is 13.5 Å². The summed E-state index contributed by atoms with van der Waals surface area (Å²) in [5.74, 6) is 0.367. The van der Waals surface area contributed by atoms with Crippen LogP contribution < -0.4 is 4.74 Å². The second-order valence-electron chi connectivity index (χ2n) is 6.81. The Morgan fingerprint density at radius 1 is 1.03 bits per heavy atom. The summed E-state index contributed by atoms with van der Waals surface area (Å²) in [4.78, 5) is 16.5. The van der Waals surface area contributed by atoms with Gasteiger partial charge in [0.05, 0.1) is 10.6 Å². The highest BCUT2D eigenvalue weighted by Gasteiger charge is 2.25. The topological polar surface area (TPSA) is 47.9 Å². The van der Waals surface area contributed by atoms with Crippen LogP contribution in [0.5, 0.6) is 5.75 Å². The van der Waals surface area contributed by atoms with Gasteiger partial charge in [-0.25, -0.2) is 9.79 Å². The fraction of sp³-hybridized carbons (Fsp3) is 0.0833. The van der Waals surface area contributed by atoms with Crippen molar-refractivity contribution in [1.29, 1.82) is 0 Å². The van der Waals surface area contributed by atoms with E-state index in [9.17, 15) is 4.79 Å². The molecule has 0 bridgehead atoms. The van der Waals surface area contributed by atoms with E-state index in [1.54, 1.807) is 24.3 Å². The minimum atomic E-state index is -0.532. The van der Waals surface area contributed by atoms with Crippen molar-refractivity contribution < 1.29 is 14.3 Å². The molecule has 0 aliphatic carbocycles. The predicted octanol–water partition coefficient (Wildman–Crippen LogP) is 6.23. The van der Waals surface area contributed by atoms with Gasteiger partial charge in [-0.05, 0) is 54.5 Å². The molecule has 3 aromatic rings. The summed E-state index contributed by atoms with van der Waals surface area (Å²) in [5, 5.41) is 0.861. The van der Waals surface area contributed by atoms with Gasteiger partial charge in [0.25, 0.3) is 0 Å². The maximum Gasteiger partial charge on any atom is 0.363 e. The molecule has 1 aliphatic rings. The zero-order valence-electron chi connectivity index (χ0n) is 16.1. The van der Waals surface area contributed by atoms with Gasteiger partial charge in [0, 0.05) is 5.02 Å². The van der Waals surface area contributed by atoms with Crippen LogP contribution in [0.25, 0.3) is 6.08 Å². The highest BCUT2D eigenvalue weighted by Crippen LogP contribution is 2.26. The largest absolute Gasteiger partial charge is 0.489 e. The van der Waals surface area contributed by atoms with Gasteiger partial charge in [-0.1, -0.05) is 65.2 Å². The van der Waals surface area contributed by atoms with E-state index in [1.165, 1.54) is 5.56 Å². The first-order valence-electron chi connectivity index (χ1n) is 9.24. The second kappa shape index (κ2) is 8.74. The molecule has 0 aromatic heterocycles. The van der Waals surface area contributed by atoms with Crippen molar-refractivity contribution in [1.82, 2.24) is 0 Å². The number of carbonyl (C=O) groups excluding carboxylic acids is 1. The Bertz CT molecular complexity index is 1170. The van der Waals surface area contributed by atoms with Gasteiger partial charge >= 0.3 is 5.97 Å². The number of nitrogens with zero attached hydrogens (tertiary/aromatic N) is 1. The minimum Gasteiger partial charge on any atom is -0.489 e. The number of esters is 1. The van der Waals surface area contributed by atoms with E-state index < -0.39 is 5.97 Å². The van der Waals surface area contributed by atoms with Gasteiger partial charge in [0.1, 0.15) is 12.4 Å². The third kappa shape index (κ3) is 4.73. The van der Waals surface area contributed by atoms with Crippen LogP contribution in [0.3, 0.4) is 0 Å². The Kier molecular flexibility index (Phi) is 5.88. The van der Waals surface area contributed by atoms with E-state index in [-0.39, 0.29) is 11.6 Å². The summed E-state index contributed by atoms with van der Waals surface area (Å²) < 4.78 is 11.1. The zero-order chi connectivity index (χ0) is 21.1. The number of halogens is 2. The van der Waals surface area contributed by atoms with Crippen LogP contribution in [0.1, 0.15) is 22.3 Å². The first kappa shape index (κ1) is 20.2. The summed E-state index contributed by atoms with van der Waals surface area (Å²) in [6.07, 6.45) is 1.66. The molecule has 0 fully saturated rings. The van der Waals surface area contributed by atoms with Crippen LogP contribution in [0.15, 0.2) is 77.4 Å². The van der Waals surface area contributed by atoms with Crippen LogP contribution in [0.4, 0.5) is 0 Å². The third-order valence-electron chi connectivity index (χ3n) is 4.45. The van der Waals surface area contributed by atoms with E-state index >= 15 is 0 Å². The SMILES string of the molecule is Cc1cccc(COc2ccc(/C=C3\N=C(c4ccc(Cl)cc4Cl)OC3=O)cc2)c1. The normalized spacial score (nSPS) is 14.6. The molecule has 30 heavy (non-hydrogen) atoms. The molecular weight excluding hydrogens is 421 g/mol. The number of aliphatic imine (C=N–C) groups is 1. The monoisotopic (exact) mass is 437 g/mol. The van der Waals surface area contributed by atoms with E-state index in [0.29, 0.717) is 22.2 Å². The van der Waals surface area contributed by atoms with Gasteiger partial charge in [-0.3, -0.25) is 0 Å². The lowest BCUT2D eigenvalue weighted by Crippen LogP contribution is -2.05. The fourth-order valence-electron chi connectivity index (χ4n) is 2.97. The molecule has 0 saturated heterocycles. The Morgan fingerprint density at radius 3 is 2.57 bits per heavy atom. The van der Waals surface area contributed by atoms with Gasteiger partial charge in [0.15, 0.2) is 5.70 Å². The molecule has 6 heteroatoms. The zero-order valence-corrected chi connectivity index (χ0v) is 17.6. The molecule has 4 nitrogen and oxygen atoms in total. The van der Waals surface area contributed by atoms with Crippen LogP contribution >= 0.6 is 23.2 Å². The smallest absolute Gasteiger partial charge is 0.363 e. The Hall–Kier alpha value is -3.08. The summed E-state index contributed by atoms with van der Waals surface area (Å²) in [7, 11) is 0. The Labute approximate surface area is 184 Å². The quantitative estimate of drug-likeness (QED) is 0.351. The number of benzene rings is 3. The maximum atomic E-state index is 12.2. The van der Waals surface area contributed by atoms with E-state index in [4.69, 9.17) is 32.7 Å². The molecule has 0 unspecified atom stereocenters. The molecule has 0 saturated carbocycles. The average molecular weight is 438 g/mol. The predicted molar refractivity (Wildman–Crippen MR) is 119 cm³/mol. The first-order chi connectivity index (χ1) is 14.5. The molecule has 1 aliphatic heterocycles. The Balaban J connectivity index is 1.47. The molecule has 0 amide bonds. The summed E-state index contributed by atoms with van der Waals surface area (Å²) in [6, 6.07) is 20.5. The lowest BCUT2D eigenvalue weighted by Gasteiger charge is -2.07. The van der Waals surface area contributed by atoms with Gasteiger partial charge in [0.2, 0.25) is 5.90 Å². The summed E-state index contributed by atoms with van der Waals surface area (Å²) in [6.45, 7) is 2.54. The van der Waals surface area contributed by atoms with E-state index in [2.05, 4.69) is 24.0 Å². The van der Waals surface area contributed by atoms with Crippen molar-refractivity contribution in [2.24, 2.45) is 4.99 Å². The highest BCUT2D eigenvalue weighted by atomic mass is 35.5. The van der Waals surface area contributed by atoms with Crippen LogP contribution in [0, 0.1) is 6.92 Å². The van der Waals surface area contributed by atoms with Crippen LogP contribution in [-0.2, 0) is 16.1 Å². The maximum absolute atomic E-state index is 12.2. The van der Waals surface area contributed by atoms with Crippen molar-refractivity contribution in [3.8, 4) is 5.75 Å². The summed E-state index contributed by atoms with van der Waals surface area (Å²) >= 11 is 12.1. The minimum absolute atomic E-state index is 0.158. The number of aryl methyl sites for hydroxylation is 1. The molecule has 150 valence electrons. The lowest BCUT2D eigenvalue weighted by atomic mass is 10.1. The highest BCUT2D eigenvalue weighted by molar-refractivity contribution is 6.37. The molecule has 0 spiro atoms. The molecule has 4 rings (SSSR count). The number of ether oxygens (including phenoxy) is 2. The second-order valence-corrected chi connectivity index (χ2v) is 7.65. The Morgan fingerprint density at radius 2 is 1.83 bits per heavy atom. The average Bonchev–Trinajstić information content (AvgIpc) is 3.07. The van der Waals surface area contributed by atoms with Gasteiger partial charge in [-0.2, -0.15) is 0 Å². The fourth-order valence-corrected chi connectivity index (χ4v) is 3.46. The number of hydrogen-bond donors (Lipinski definition) is 0. The number of hydrogen-bond acceptors (Lipinski definition) is 4. The number of rotatable bonds is 5. The molecule has 0 radical (unpaired) electrons. The van der Waals surface area contributed by atoms with Crippen LogP contribution in [-0.4, -0.2) is 11.9 Å². The van der Waals surface area contributed by atoms with E-state index in [0.717, 1.165) is 16.9 Å². The number of cyclic esters (lactones) is 1. The van der Waals surface area contributed by atoms with Crippen molar-refractivity contribution in [2.75, 3.05) is 0 Å². The van der Waals surface area contributed by atoms with Gasteiger partial charge in [-0.15, -0.1) is 0 Å². The van der Waals surface area contributed by atoms with E-state index in [1.807, 2.05) is 36.4 Å². The molecule has 3 aromatic carbocycles. The van der Waals surface area contributed by atoms with Crippen molar-refractivity contribution in [3.63, 3.8) is 0 Å². The first-order valence-corrected chi connectivity index (χ1v) is 10.00. The summed E-state index contributed by atoms with van der Waals surface area (Å²) in [5.41, 5.74) is 3.82. The molecule has 0 atom stereocenters. The van der Waals surface area contributed by atoms with Crippen molar-refractivity contribution in [3.05, 3.63) is 105 Å². The lowest BCUT2D eigenvalue weighted by molar-refractivity contribution is -0.129. The number of carbonyl (C=O) groups is 1. The van der Waals surface area contributed by atoms with Gasteiger partial charge < -0.3 is 9.47 Å².